The average molecular weight is 239 g/mol. The van der Waals surface area contributed by atoms with Gasteiger partial charge in [0, 0.05) is 19.1 Å². The van der Waals surface area contributed by atoms with Crippen molar-refractivity contribution in [2.24, 2.45) is 5.92 Å². The Hall–Kier alpha value is -0.590. The van der Waals surface area contributed by atoms with Crippen LogP contribution in [0, 0.1) is 17.2 Å². The smallest absolute Gasteiger partial charge is 0.0965 e. The minimum Gasteiger partial charge on any atom is -0.302 e. The van der Waals surface area contributed by atoms with Crippen molar-refractivity contribution in [2.45, 2.75) is 59.5 Å². The van der Waals surface area contributed by atoms with Gasteiger partial charge in [-0.25, -0.2) is 0 Å². The highest BCUT2D eigenvalue weighted by molar-refractivity contribution is 4.90. The summed E-state index contributed by atoms with van der Waals surface area (Å²) >= 11 is 0. The molecule has 0 aromatic rings. The summed E-state index contributed by atoms with van der Waals surface area (Å²) in [5, 5.41) is 12.3. The Kier molecular flexibility index (Phi) is 9.11. The molecule has 0 rings (SSSR count). The largest absolute Gasteiger partial charge is 0.302 e. The van der Waals surface area contributed by atoms with Gasteiger partial charge in [-0.1, -0.05) is 20.8 Å². The van der Waals surface area contributed by atoms with Crippen LogP contribution in [0.2, 0.25) is 0 Å². The van der Waals surface area contributed by atoms with E-state index in [9.17, 15) is 0 Å². The first-order chi connectivity index (χ1) is 8.01. The van der Waals surface area contributed by atoms with Gasteiger partial charge in [-0.05, 0) is 39.2 Å². The summed E-state index contributed by atoms with van der Waals surface area (Å²) in [6.07, 6.45) is 2.00. The standard InChI is InChI=1S/C14H29N3/c1-6-8-16-14(10-15)7-9-17(13(4)5)11-12(2)3/h12-14,16H,6-9,11H2,1-5H3. The molecule has 0 saturated carbocycles. The molecular weight excluding hydrogens is 210 g/mol. The van der Waals surface area contributed by atoms with E-state index in [0.29, 0.717) is 12.0 Å². The highest BCUT2D eigenvalue weighted by Crippen LogP contribution is 2.06. The molecule has 0 radical (unpaired) electrons. The molecule has 0 fully saturated rings. The molecule has 0 amide bonds. The Morgan fingerprint density at radius 3 is 2.29 bits per heavy atom. The second kappa shape index (κ2) is 9.44. The van der Waals surface area contributed by atoms with E-state index in [1.807, 2.05) is 0 Å². The van der Waals surface area contributed by atoms with Crippen LogP contribution in [0.1, 0.15) is 47.5 Å². The fourth-order valence-electron chi connectivity index (χ4n) is 1.86. The van der Waals surface area contributed by atoms with Crippen LogP contribution in [-0.4, -0.2) is 36.6 Å². The quantitative estimate of drug-likeness (QED) is 0.672. The highest BCUT2D eigenvalue weighted by Gasteiger charge is 2.14. The summed E-state index contributed by atoms with van der Waals surface area (Å²) in [4.78, 5) is 2.46. The lowest BCUT2D eigenvalue weighted by atomic mass is 10.1. The Morgan fingerprint density at radius 1 is 1.24 bits per heavy atom. The molecule has 1 unspecified atom stereocenters. The SMILES string of the molecule is CCCNC(C#N)CCN(CC(C)C)C(C)C. The van der Waals surface area contributed by atoms with Crippen LogP contribution >= 0.6 is 0 Å². The first-order valence-corrected chi connectivity index (χ1v) is 6.88. The minimum absolute atomic E-state index is 0.00311. The van der Waals surface area contributed by atoms with Crippen molar-refractivity contribution in [3.63, 3.8) is 0 Å². The molecule has 0 spiro atoms. The third-order valence-electron chi connectivity index (χ3n) is 2.83. The van der Waals surface area contributed by atoms with E-state index in [1.165, 1.54) is 0 Å². The first-order valence-electron chi connectivity index (χ1n) is 6.88. The third-order valence-corrected chi connectivity index (χ3v) is 2.83. The van der Waals surface area contributed by atoms with Crippen molar-refractivity contribution in [2.75, 3.05) is 19.6 Å². The maximum atomic E-state index is 9.06. The number of nitrogens with one attached hydrogen (secondary N) is 1. The summed E-state index contributed by atoms with van der Waals surface area (Å²) in [5.41, 5.74) is 0. The first kappa shape index (κ1) is 16.4. The molecule has 0 aromatic heterocycles. The Labute approximate surface area is 107 Å². The fourth-order valence-corrected chi connectivity index (χ4v) is 1.86. The Bertz CT molecular complexity index is 218. The zero-order valence-electron chi connectivity index (χ0n) is 12.2. The second-order valence-electron chi connectivity index (χ2n) is 5.41. The molecule has 0 saturated heterocycles. The zero-order chi connectivity index (χ0) is 13.3. The van der Waals surface area contributed by atoms with Crippen LogP contribution in [0.25, 0.3) is 0 Å². The Balaban J connectivity index is 4.05. The van der Waals surface area contributed by atoms with E-state index in [2.05, 4.69) is 50.9 Å². The fraction of sp³-hybridized carbons (Fsp3) is 0.929. The number of hydrogen-bond acceptors (Lipinski definition) is 3. The molecule has 0 bridgehead atoms. The lowest BCUT2D eigenvalue weighted by Gasteiger charge is -2.29. The van der Waals surface area contributed by atoms with Crippen molar-refractivity contribution in [1.29, 1.82) is 5.26 Å². The summed E-state index contributed by atoms with van der Waals surface area (Å²) in [6.45, 7) is 14.1. The van der Waals surface area contributed by atoms with Crippen LogP contribution in [0.5, 0.6) is 0 Å². The van der Waals surface area contributed by atoms with Gasteiger partial charge in [0.05, 0.1) is 12.1 Å². The van der Waals surface area contributed by atoms with Gasteiger partial charge in [0.25, 0.3) is 0 Å². The predicted molar refractivity (Wildman–Crippen MR) is 73.9 cm³/mol. The topological polar surface area (TPSA) is 39.1 Å². The minimum atomic E-state index is 0.00311. The summed E-state index contributed by atoms with van der Waals surface area (Å²) in [7, 11) is 0. The predicted octanol–water partition coefficient (Wildman–Crippen LogP) is 2.63. The lowest BCUT2D eigenvalue weighted by molar-refractivity contribution is 0.191. The van der Waals surface area contributed by atoms with E-state index in [1.54, 1.807) is 0 Å². The summed E-state index contributed by atoms with van der Waals surface area (Å²) < 4.78 is 0. The average Bonchev–Trinajstić information content (AvgIpc) is 2.26. The van der Waals surface area contributed by atoms with E-state index < -0.39 is 0 Å². The number of nitrogens with zero attached hydrogens (tertiary/aromatic N) is 2. The van der Waals surface area contributed by atoms with Crippen LogP contribution in [-0.2, 0) is 0 Å². The van der Waals surface area contributed by atoms with Crippen molar-refractivity contribution in [3.8, 4) is 6.07 Å². The maximum Gasteiger partial charge on any atom is 0.0965 e. The molecule has 0 aliphatic heterocycles. The Morgan fingerprint density at radius 2 is 1.88 bits per heavy atom. The normalized spacial score (nSPS) is 13.4. The van der Waals surface area contributed by atoms with Gasteiger partial charge in [-0.2, -0.15) is 5.26 Å². The van der Waals surface area contributed by atoms with Crippen molar-refractivity contribution < 1.29 is 0 Å². The molecule has 17 heavy (non-hydrogen) atoms. The molecule has 100 valence electrons. The summed E-state index contributed by atoms with van der Waals surface area (Å²) in [5.74, 6) is 0.682. The van der Waals surface area contributed by atoms with Gasteiger partial charge in [-0.3, -0.25) is 0 Å². The van der Waals surface area contributed by atoms with E-state index >= 15 is 0 Å². The second-order valence-corrected chi connectivity index (χ2v) is 5.41. The third kappa shape index (κ3) is 8.18. The molecule has 1 atom stereocenters. The number of hydrogen-bond donors (Lipinski definition) is 1. The molecule has 0 heterocycles. The number of nitriles is 1. The van der Waals surface area contributed by atoms with Gasteiger partial charge in [0.1, 0.15) is 0 Å². The highest BCUT2D eigenvalue weighted by atomic mass is 15.1. The van der Waals surface area contributed by atoms with Gasteiger partial charge >= 0.3 is 0 Å². The van der Waals surface area contributed by atoms with Gasteiger partial charge in [-0.15, -0.1) is 0 Å². The van der Waals surface area contributed by atoms with E-state index in [-0.39, 0.29) is 6.04 Å². The molecular formula is C14H29N3. The molecule has 0 aliphatic carbocycles. The van der Waals surface area contributed by atoms with Crippen molar-refractivity contribution in [3.05, 3.63) is 0 Å². The van der Waals surface area contributed by atoms with Crippen LogP contribution in [0.15, 0.2) is 0 Å². The van der Waals surface area contributed by atoms with Gasteiger partial charge in [0.15, 0.2) is 0 Å². The van der Waals surface area contributed by atoms with Crippen molar-refractivity contribution in [1.82, 2.24) is 10.2 Å². The zero-order valence-corrected chi connectivity index (χ0v) is 12.2. The van der Waals surface area contributed by atoms with Crippen LogP contribution in [0.3, 0.4) is 0 Å². The molecule has 3 nitrogen and oxygen atoms in total. The maximum absolute atomic E-state index is 9.06. The van der Waals surface area contributed by atoms with E-state index in [0.717, 1.165) is 32.5 Å². The van der Waals surface area contributed by atoms with E-state index in [4.69, 9.17) is 5.26 Å². The summed E-state index contributed by atoms with van der Waals surface area (Å²) in [6, 6.07) is 2.91. The van der Waals surface area contributed by atoms with Gasteiger partial charge in [0.2, 0.25) is 0 Å². The molecule has 1 N–H and O–H groups in total. The van der Waals surface area contributed by atoms with Crippen molar-refractivity contribution >= 4 is 0 Å². The van der Waals surface area contributed by atoms with Crippen LogP contribution in [0.4, 0.5) is 0 Å². The number of rotatable bonds is 9. The van der Waals surface area contributed by atoms with Crippen LogP contribution < -0.4 is 5.32 Å². The monoisotopic (exact) mass is 239 g/mol. The molecule has 0 aliphatic rings. The lowest BCUT2D eigenvalue weighted by Crippen LogP contribution is -2.38. The molecule has 3 heteroatoms. The molecule has 0 aromatic carbocycles. The van der Waals surface area contributed by atoms with Gasteiger partial charge < -0.3 is 10.2 Å².